The predicted octanol–water partition coefficient (Wildman–Crippen LogP) is 3.98. The molecule has 0 aromatic carbocycles. The lowest BCUT2D eigenvalue weighted by Crippen LogP contribution is -2.40. The Labute approximate surface area is 96.0 Å². The molecule has 90 valence electrons. The van der Waals surface area contributed by atoms with Gasteiger partial charge in [0, 0.05) is 5.54 Å². The number of nitrogens with one attached hydrogen (secondary N) is 1. The van der Waals surface area contributed by atoms with Crippen molar-refractivity contribution in [3.8, 4) is 0 Å². The van der Waals surface area contributed by atoms with Crippen molar-refractivity contribution in [3.05, 3.63) is 0 Å². The van der Waals surface area contributed by atoms with Crippen molar-refractivity contribution in [2.45, 2.75) is 71.8 Å². The Morgan fingerprint density at radius 3 is 2.07 bits per heavy atom. The second-order valence-electron chi connectivity index (χ2n) is 6.36. The van der Waals surface area contributed by atoms with Crippen LogP contribution >= 0.6 is 0 Å². The molecule has 1 aliphatic rings. The van der Waals surface area contributed by atoms with Crippen molar-refractivity contribution in [2.75, 3.05) is 6.54 Å². The SMILES string of the molecule is CC(CNC(C)(C)C)C1CCCCCC1. The monoisotopic (exact) mass is 211 g/mol. The fourth-order valence-electron chi connectivity index (χ4n) is 2.51. The summed E-state index contributed by atoms with van der Waals surface area (Å²) in [5, 5.41) is 3.64. The summed E-state index contributed by atoms with van der Waals surface area (Å²) < 4.78 is 0. The van der Waals surface area contributed by atoms with Crippen molar-refractivity contribution >= 4 is 0 Å². The van der Waals surface area contributed by atoms with Crippen LogP contribution in [0.3, 0.4) is 0 Å². The van der Waals surface area contributed by atoms with E-state index < -0.39 is 0 Å². The van der Waals surface area contributed by atoms with Gasteiger partial charge in [0.15, 0.2) is 0 Å². The average Bonchev–Trinajstić information content (AvgIpc) is 2.41. The van der Waals surface area contributed by atoms with E-state index >= 15 is 0 Å². The molecular weight excluding hydrogens is 182 g/mol. The standard InChI is InChI=1S/C14H29N/c1-12(11-15-14(2,3)4)13-9-7-5-6-8-10-13/h12-13,15H,5-11H2,1-4H3. The summed E-state index contributed by atoms with van der Waals surface area (Å²) in [6, 6.07) is 0. The summed E-state index contributed by atoms with van der Waals surface area (Å²) in [5.41, 5.74) is 0.277. The van der Waals surface area contributed by atoms with E-state index in [0.29, 0.717) is 0 Å². The first-order valence-electron chi connectivity index (χ1n) is 6.74. The van der Waals surface area contributed by atoms with Crippen LogP contribution in [0.2, 0.25) is 0 Å². The van der Waals surface area contributed by atoms with E-state index in [0.717, 1.165) is 11.8 Å². The maximum atomic E-state index is 3.64. The van der Waals surface area contributed by atoms with E-state index in [1.54, 1.807) is 0 Å². The Morgan fingerprint density at radius 2 is 1.60 bits per heavy atom. The molecule has 1 rings (SSSR count). The summed E-state index contributed by atoms with van der Waals surface area (Å²) in [6.07, 6.45) is 8.79. The maximum Gasteiger partial charge on any atom is 0.00966 e. The topological polar surface area (TPSA) is 12.0 Å². The Balaban J connectivity index is 2.28. The van der Waals surface area contributed by atoms with Crippen LogP contribution < -0.4 is 5.32 Å². The summed E-state index contributed by atoms with van der Waals surface area (Å²) >= 11 is 0. The molecular formula is C14H29N. The first-order valence-corrected chi connectivity index (χ1v) is 6.74. The number of rotatable bonds is 3. The maximum absolute atomic E-state index is 3.64. The van der Waals surface area contributed by atoms with Crippen LogP contribution in [-0.2, 0) is 0 Å². The van der Waals surface area contributed by atoms with Gasteiger partial charge in [-0.3, -0.25) is 0 Å². The third kappa shape index (κ3) is 5.55. The van der Waals surface area contributed by atoms with Crippen LogP contribution in [0.1, 0.15) is 66.2 Å². The highest BCUT2D eigenvalue weighted by Gasteiger charge is 2.20. The molecule has 0 bridgehead atoms. The molecule has 1 N–H and O–H groups in total. The lowest BCUT2D eigenvalue weighted by atomic mass is 9.87. The molecule has 0 aromatic heterocycles. The molecule has 15 heavy (non-hydrogen) atoms. The molecule has 0 heterocycles. The van der Waals surface area contributed by atoms with E-state index in [9.17, 15) is 0 Å². The van der Waals surface area contributed by atoms with Crippen LogP contribution in [0.5, 0.6) is 0 Å². The highest BCUT2D eigenvalue weighted by atomic mass is 14.9. The lowest BCUT2D eigenvalue weighted by Gasteiger charge is -2.28. The molecule has 1 unspecified atom stereocenters. The van der Waals surface area contributed by atoms with E-state index in [4.69, 9.17) is 0 Å². The van der Waals surface area contributed by atoms with Gasteiger partial charge >= 0.3 is 0 Å². The van der Waals surface area contributed by atoms with Crippen LogP contribution in [0.25, 0.3) is 0 Å². The van der Waals surface area contributed by atoms with Crippen molar-refractivity contribution < 1.29 is 0 Å². The molecule has 0 radical (unpaired) electrons. The van der Waals surface area contributed by atoms with Gasteiger partial charge in [-0.1, -0.05) is 45.4 Å². The molecule has 1 aliphatic carbocycles. The molecule has 1 atom stereocenters. The first-order chi connectivity index (χ1) is 6.99. The van der Waals surface area contributed by atoms with E-state index in [-0.39, 0.29) is 5.54 Å². The third-order valence-corrected chi connectivity index (χ3v) is 3.66. The Hall–Kier alpha value is -0.0400. The highest BCUT2D eigenvalue weighted by molar-refractivity contribution is 4.76. The molecule has 1 nitrogen and oxygen atoms in total. The molecule has 0 aliphatic heterocycles. The lowest BCUT2D eigenvalue weighted by molar-refractivity contribution is 0.280. The van der Waals surface area contributed by atoms with Crippen molar-refractivity contribution in [3.63, 3.8) is 0 Å². The molecule has 1 saturated carbocycles. The Kier molecular flexibility index (Phi) is 5.11. The van der Waals surface area contributed by atoms with Gasteiger partial charge in [0.1, 0.15) is 0 Å². The van der Waals surface area contributed by atoms with Crippen molar-refractivity contribution in [2.24, 2.45) is 11.8 Å². The van der Waals surface area contributed by atoms with E-state index in [1.807, 2.05) is 0 Å². The average molecular weight is 211 g/mol. The number of hydrogen-bond acceptors (Lipinski definition) is 1. The van der Waals surface area contributed by atoms with Crippen LogP contribution in [0, 0.1) is 11.8 Å². The molecule has 0 aromatic rings. The van der Waals surface area contributed by atoms with Gasteiger partial charge in [-0.15, -0.1) is 0 Å². The van der Waals surface area contributed by atoms with E-state index in [2.05, 4.69) is 33.0 Å². The zero-order valence-electron chi connectivity index (χ0n) is 11.1. The molecule has 1 fully saturated rings. The minimum atomic E-state index is 0.277. The fourth-order valence-corrected chi connectivity index (χ4v) is 2.51. The Morgan fingerprint density at radius 1 is 1.07 bits per heavy atom. The second-order valence-corrected chi connectivity index (χ2v) is 6.36. The van der Waals surface area contributed by atoms with Gasteiger partial charge in [-0.2, -0.15) is 0 Å². The van der Waals surface area contributed by atoms with Gasteiger partial charge in [0.05, 0.1) is 0 Å². The number of hydrogen-bond donors (Lipinski definition) is 1. The quantitative estimate of drug-likeness (QED) is 0.696. The normalized spacial score (nSPS) is 22.4. The minimum absolute atomic E-state index is 0.277. The summed E-state index contributed by atoms with van der Waals surface area (Å²) in [4.78, 5) is 0. The summed E-state index contributed by atoms with van der Waals surface area (Å²) in [7, 11) is 0. The summed E-state index contributed by atoms with van der Waals surface area (Å²) in [6.45, 7) is 10.4. The Bertz CT molecular complexity index is 161. The first kappa shape index (κ1) is 13.0. The molecule has 0 spiro atoms. The fraction of sp³-hybridized carbons (Fsp3) is 1.00. The predicted molar refractivity (Wildman–Crippen MR) is 68.1 cm³/mol. The van der Waals surface area contributed by atoms with Gasteiger partial charge in [0.25, 0.3) is 0 Å². The zero-order chi connectivity index (χ0) is 11.3. The largest absolute Gasteiger partial charge is 0.312 e. The van der Waals surface area contributed by atoms with Gasteiger partial charge in [-0.05, 0) is 39.2 Å². The highest BCUT2D eigenvalue weighted by Crippen LogP contribution is 2.28. The van der Waals surface area contributed by atoms with Gasteiger partial charge in [-0.25, -0.2) is 0 Å². The second kappa shape index (κ2) is 5.89. The van der Waals surface area contributed by atoms with Crippen molar-refractivity contribution in [1.82, 2.24) is 5.32 Å². The smallest absolute Gasteiger partial charge is 0.00966 e. The van der Waals surface area contributed by atoms with Crippen LogP contribution in [0.4, 0.5) is 0 Å². The van der Waals surface area contributed by atoms with Crippen LogP contribution in [-0.4, -0.2) is 12.1 Å². The van der Waals surface area contributed by atoms with Crippen molar-refractivity contribution in [1.29, 1.82) is 0 Å². The minimum Gasteiger partial charge on any atom is -0.312 e. The molecule has 0 saturated heterocycles. The molecule has 0 amide bonds. The van der Waals surface area contributed by atoms with E-state index in [1.165, 1.54) is 45.1 Å². The zero-order valence-corrected chi connectivity index (χ0v) is 11.1. The summed E-state index contributed by atoms with van der Waals surface area (Å²) in [5.74, 6) is 1.82. The molecule has 1 heteroatoms. The van der Waals surface area contributed by atoms with Gasteiger partial charge < -0.3 is 5.32 Å². The van der Waals surface area contributed by atoms with Crippen LogP contribution in [0.15, 0.2) is 0 Å². The third-order valence-electron chi connectivity index (χ3n) is 3.66. The van der Waals surface area contributed by atoms with Gasteiger partial charge in [0.2, 0.25) is 0 Å².